The first-order valence-electron chi connectivity index (χ1n) is 8.22. The van der Waals surface area contributed by atoms with Gasteiger partial charge in [0.1, 0.15) is 0 Å². The van der Waals surface area contributed by atoms with Crippen LogP contribution in [0.25, 0.3) is 5.69 Å². The zero-order valence-electron chi connectivity index (χ0n) is 15.0. The van der Waals surface area contributed by atoms with Gasteiger partial charge in [0, 0.05) is 52.2 Å². The topological polar surface area (TPSA) is 20.5 Å². The van der Waals surface area contributed by atoms with Gasteiger partial charge in [-0.05, 0) is 91.0 Å². The van der Waals surface area contributed by atoms with E-state index in [1.807, 2.05) is 32.4 Å². The number of aryl methyl sites for hydroxylation is 1. The molecule has 0 atom stereocenters. The van der Waals surface area contributed by atoms with E-state index >= 15 is 0 Å². The molecule has 0 amide bonds. The van der Waals surface area contributed by atoms with Crippen LogP contribution in [0.4, 0.5) is 11.4 Å². The molecule has 0 aliphatic heterocycles. The Bertz CT molecular complexity index is 888. The summed E-state index contributed by atoms with van der Waals surface area (Å²) in [5.74, 6) is 0. The van der Waals surface area contributed by atoms with E-state index in [4.69, 9.17) is 0 Å². The maximum absolute atomic E-state index is 4.64. The summed E-state index contributed by atoms with van der Waals surface area (Å²) < 4.78 is 3.51. The lowest BCUT2D eigenvalue weighted by atomic mass is 10.2. The summed E-state index contributed by atoms with van der Waals surface area (Å²) in [5.41, 5.74) is 6.88. The molecule has 1 aromatic heterocycles. The van der Waals surface area contributed by atoms with Crippen molar-refractivity contribution in [3.8, 4) is 5.69 Å². The fraction of sp³-hybridized carbons (Fsp3) is 0.190. The number of aromatic nitrogens is 1. The zero-order valence-corrected chi connectivity index (χ0v) is 17.2. The van der Waals surface area contributed by atoms with Crippen LogP contribution < -0.4 is 4.90 Å². The molecular weight excluding hydrogens is 421 g/mol. The molecule has 0 saturated carbocycles. The van der Waals surface area contributed by atoms with Crippen LogP contribution in [0.15, 0.2) is 59.6 Å². The standard InChI is InChI=1S/C21H22IN3/c1-15-13-17(14-23-19-7-11-20(12-8-19)24(3)4)16(2)25(15)21-9-5-18(22)6-10-21/h5-14H,1-4H3. The number of benzene rings is 2. The number of rotatable bonds is 4. The van der Waals surface area contributed by atoms with Crippen LogP contribution in [0, 0.1) is 17.4 Å². The Kier molecular flexibility index (Phi) is 5.27. The average molecular weight is 443 g/mol. The van der Waals surface area contributed by atoms with Crippen LogP contribution in [0.5, 0.6) is 0 Å². The van der Waals surface area contributed by atoms with E-state index in [1.54, 1.807) is 0 Å². The quantitative estimate of drug-likeness (QED) is 0.385. The SMILES string of the molecule is Cc1cc(C=Nc2ccc(N(C)C)cc2)c(C)n1-c1ccc(I)cc1. The van der Waals surface area contributed by atoms with Crippen molar-refractivity contribution in [2.45, 2.75) is 13.8 Å². The first-order valence-corrected chi connectivity index (χ1v) is 9.30. The molecule has 0 saturated heterocycles. The van der Waals surface area contributed by atoms with E-state index in [0.717, 1.165) is 11.3 Å². The number of hydrogen-bond donors (Lipinski definition) is 0. The summed E-state index contributed by atoms with van der Waals surface area (Å²) in [5, 5.41) is 0. The normalized spacial score (nSPS) is 11.2. The van der Waals surface area contributed by atoms with Gasteiger partial charge in [-0.1, -0.05) is 0 Å². The lowest BCUT2D eigenvalue weighted by Gasteiger charge is -2.11. The molecule has 0 aliphatic carbocycles. The average Bonchev–Trinajstić information content (AvgIpc) is 2.88. The van der Waals surface area contributed by atoms with Crippen LogP contribution in [0.3, 0.4) is 0 Å². The number of hydrogen-bond acceptors (Lipinski definition) is 2. The molecule has 3 aromatic rings. The number of nitrogens with zero attached hydrogens (tertiary/aromatic N) is 3. The predicted octanol–water partition coefficient (Wildman–Crippen LogP) is 5.52. The lowest BCUT2D eigenvalue weighted by Crippen LogP contribution is -2.07. The third-order valence-electron chi connectivity index (χ3n) is 4.27. The fourth-order valence-electron chi connectivity index (χ4n) is 2.89. The minimum absolute atomic E-state index is 0.963. The molecule has 3 rings (SSSR count). The van der Waals surface area contributed by atoms with Crippen molar-refractivity contribution < 1.29 is 0 Å². The second kappa shape index (κ2) is 7.44. The molecule has 0 aliphatic rings. The zero-order chi connectivity index (χ0) is 18.0. The second-order valence-corrected chi connectivity index (χ2v) is 7.55. The third kappa shape index (κ3) is 3.95. The van der Waals surface area contributed by atoms with E-state index in [1.165, 1.54) is 26.3 Å². The Balaban J connectivity index is 1.88. The van der Waals surface area contributed by atoms with Gasteiger partial charge in [0.15, 0.2) is 0 Å². The maximum Gasteiger partial charge on any atom is 0.0631 e. The van der Waals surface area contributed by atoms with Crippen molar-refractivity contribution in [1.82, 2.24) is 4.57 Å². The molecule has 0 radical (unpaired) electrons. The molecule has 25 heavy (non-hydrogen) atoms. The molecule has 0 bridgehead atoms. The first-order chi connectivity index (χ1) is 12.0. The molecular formula is C21H22IN3. The summed E-state index contributed by atoms with van der Waals surface area (Å²) in [6, 6.07) is 19.0. The summed E-state index contributed by atoms with van der Waals surface area (Å²) in [6.45, 7) is 4.27. The van der Waals surface area contributed by atoms with Crippen molar-refractivity contribution in [2.24, 2.45) is 4.99 Å². The van der Waals surface area contributed by atoms with Crippen LogP contribution >= 0.6 is 22.6 Å². The van der Waals surface area contributed by atoms with E-state index in [2.05, 4.69) is 93.4 Å². The van der Waals surface area contributed by atoms with Gasteiger partial charge in [-0.3, -0.25) is 4.99 Å². The van der Waals surface area contributed by atoms with E-state index in [-0.39, 0.29) is 0 Å². The lowest BCUT2D eigenvalue weighted by molar-refractivity contribution is 0.964. The van der Waals surface area contributed by atoms with Crippen molar-refractivity contribution in [2.75, 3.05) is 19.0 Å². The van der Waals surface area contributed by atoms with Crippen LogP contribution in [-0.2, 0) is 0 Å². The van der Waals surface area contributed by atoms with Crippen LogP contribution in [0.1, 0.15) is 17.0 Å². The second-order valence-electron chi connectivity index (χ2n) is 6.31. The molecule has 2 aromatic carbocycles. The highest BCUT2D eigenvalue weighted by Gasteiger charge is 2.09. The van der Waals surface area contributed by atoms with Gasteiger partial charge in [0.2, 0.25) is 0 Å². The number of halogens is 1. The van der Waals surface area contributed by atoms with Gasteiger partial charge >= 0.3 is 0 Å². The van der Waals surface area contributed by atoms with Gasteiger partial charge in [0.05, 0.1) is 5.69 Å². The minimum atomic E-state index is 0.963. The van der Waals surface area contributed by atoms with Crippen molar-refractivity contribution in [3.63, 3.8) is 0 Å². The highest BCUT2D eigenvalue weighted by molar-refractivity contribution is 14.1. The summed E-state index contributed by atoms with van der Waals surface area (Å²) in [6.07, 6.45) is 1.95. The van der Waals surface area contributed by atoms with Crippen molar-refractivity contribution in [3.05, 3.63) is 75.1 Å². The van der Waals surface area contributed by atoms with E-state index in [0.29, 0.717) is 0 Å². The Hall–Kier alpha value is -2.08. The van der Waals surface area contributed by atoms with Crippen LogP contribution in [-0.4, -0.2) is 24.9 Å². The summed E-state index contributed by atoms with van der Waals surface area (Å²) in [7, 11) is 4.08. The van der Waals surface area contributed by atoms with Gasteiger partial charge < -0.3 is 9.47 Å². The van der Waals surface area contributed by atoms with Gasteiger partial charge in [0.25, 0.3) is 0 Å². The van der Waals surface area contributed by atoms with Crippen molar-refractivity contribution >= 4 is 40.2 Å². The highest BCUT2D eigenvalue weighted by Crippen LogP contribution is 2.22. The van der Waals surface area contributed by atoms with E-state index < -0.39 is 0 Å². The molecule has 0 unspecified atom stereocenters. The molecule has 0 N–H and O–H groups in total. The maximum atomic E-state index is 4.64. The third-order valence-corrected chi connectivity index (χ3v) is 4.99. The fourth-order valence-corrected chi connectivity index (χ4v) is 3.25. The molecule has 1 heterocycles. The molecule has 0 fully saturated rings. The summed E-state index contributed by atoms with van der Waals surface area (Å²) in [4.78, 5) is 6.73. The Morgan fingerprint density at radius 1 is 0.960 bits per heavy atom. The van der Waals surface area contributed by atoms with E-state index in [9.17, 15) is 0 Å². The Labute approximate surface area is 163 Å². The monoisotopic (exact) mass is 443 g/mol. The minimum Gasteiger partial charge on any atom is -0.378 e. The molecule has 3 nitrogen and oxygen atoms in total. The molecule has 0 spiro atoms. The van der Waals surface area contributed by atoms with Gasteiger partial charge in [-0.25, -0.2) is 0 Å². The highest BCUT2D eigenvalue weighted by atomic mass is 127. The summed E-state index contributed by atoms with van der Waals surface area (Å²) >= 11 is 2.33. The van der Waals surface area contributed by atoms with Gasteiger partial charge in [-0.15, -0.1) is 0 Å². The smallest absolute Gasteiger partial charge is 0.0631 e. The number of aliphatic imine (C=N–C) groups is 1. The predicted molar refractivity (Wildman–Crippen MR) is 116 cm³/mol. The largest absolute Gasteiger partial charge is 0.378 e. The first kappa shape index (κ1) is 17.7. The molecule has 4 heteroatoms. The Morgan fingerprint density at radius 2 is 1.60 bits per heavy atom. The molecule has 128 valence electrons. The van der Waals surface area contributed by atoms with Crippen LogP contribution in [0.2, 0.25) is 0 Å². The van der Waals surface area contributed by atoms with Crippen molar-refractivity contribution in [1.29, 1.82) is 0 Å². The number of anilines is 1. The Morgan fingerprint density at radius 3 is 2.20 bits per heavy atom. The van der Waals surface area contributed by atoms with Gasteiger partial charge in [-0.2, -0.15) is 0 Å².